The van der Waals surface area contributed by atoms with Crippen LogP contribution in [0, 0.1) is 0 Å². The van der Waals surface area contributed by atoms with Crippen molar-refractivity contribution in [3.63, 3.8) is 0 Å². The molecule has 0 radical (unpaired) electrons. The minimum absolute atomic E-state index is 0.113. The minimum atomic E-state index is -0.480. The van der Waals surface area contributed by atoms with Gasteiger partial charge in [0.25, 0.3) is 5.91 Å². The zero-order valence-electron chi connectivity index (χ0n) is 18.5. The van der Waals surface area contributed by atoms with Crippen molar-refractivity contribution < 1.29 is 14.3 Å². The van der Waals surface area contributed by atoms with Crippen molar-refractivity contribution in [2.45, 2.75) is 45.4 Å². The van der Waals surface area contributed by atoms with Crippen molar-refractivity contribution in [1.29, 1.82) is 0 Å². The molecule has 7 heteroatoms. The van der Waals surface area contributed by atoms with Gasteiger partial charge in [0.2, 0.25) is 0 Å². The first-order valence-electron chi connectivity index (χ1n) is 10.9. The van der Waals surface area contributed by atoms with E-state index in [1.165, 1.54) is 22.5 Å². The molecule has 0 bridgehead atoms. The average Bonchev–Trinajstić information content (AvgIpc) is 3.27. The third-order valence-electron chi connectivity index (χ3n) is 5.84. The Morgan fingerprint density at radius 1 is 1.03 bits per heavy atom. The van der Waals surface area contributed by atoms with E-state index in [1.807, 2.05) is 49.3 Å². The highest BCUT2D eigenvalue weighted by Gasteiger charge is 2.33. The van der Waals surface area contributed by atoms with Crippen LogP contribution in [0.15, 0.2) is 41.8 Å². The zero-order valence-corrected chi connectivity index (χ0v) is 19.4. The van der Waals surface area contributed by atoms with Gasteiger partial charge in [0.15, 0.2) is 0 Å². The Morgan fingerprint density at radius 3 is 2.39 bits per heavy atom. The van der Waals surface area contributed by atoms with E-state index in [4.69, 9.17) is 4.74 Å². The van der Waals surface area contributed by atoms with Gasteiger partial charge in [0.05, 0.1) is 4.88 Å². The lowest BCUT2D eigenvalue weighted by molar-refractivity contribution is 0.0116. The first-order chi connectivity index (χ1) is 14.8. The number of amides is 2. The van der Waals surface area contributed by atoms with Crippen LogP contribution >= 0.6 is 11.3 Å². The Kier molecular flexibility index (Phi) is 6.34. The fourth-order valence-corrected chi connectivity index (χ4v) is 4.95. The number of carbonyl (C=O) groups is 2. The smallest absolute Gasteiger partial charge is 0.410 e. The quantitative estimate of drug-likeness (QED) is 0.726. The number of rotatable bonds is 3. The van der Waals surface area contributed by atoms with Crippen molar-refractivity contribution in [2.24, 2.45) is 0 Å². The molecule has 0 spiro atoms. The van der Waals surface area contributed by atoms with Gasteiger partial charge in [-0.15, -0.1) is 11.3 Å². The number of piperazine rings is 1. The number of nitrogens with zero attached hydrogens (tertiary/aromatic N) is 3. The molecule has 166 valence electrons. The molecule has 1 fully saturated rings. The van der Waals surface area contributed by atoms with Crippen molar-refractivity contribution >= 4 is 23.3 Å². The second-order valence-electron chi connectivity index (χ2n) is 9.31. The minimum Gasteiger partial charge on any atom is -0.444 e. The van der Waals surface area contributed by atoms with Gasteiger partial charge in [-0.1, -0.05) is 30.3 Å². The first-order valence-corrected chi connectivity index (χ1v) is 11.8. The van der Waals surface area contributed by atoms with Crippen LogP contribution in [0.1, 0.15) is 41.6 Å². The molecule has 0 unspecified atom stereocenters. The summed E-state index contributed by atoms with van der Waals surface area (Å²) < 4.78 is 5.51. The van der Waals surface area contributed by atoms with Gasteiger partial charge in [-0.05, 0) is 49.8 Å². The Morgan fingerprint density at radius 2 is 1.74 bits per heavy atom. The molecular formula is C24H31N3O3S. The van der Waals surface area contributed by atoms with E-state index >= 15 is 0 Å². The molecule has 2 amide bonds. The van der Waals surface area contributed by atoms with Gasteiger partial charge < -0.3 is 14.5 Å². The van der Waals surface area contributed by atoms with Gasteiger partial charge in [-0.2, -0.15) is 0 Å². The van der Waals surface area contributed by atoms with Gasteiger partial charge in [0, 0.05) is 45.3 Å². The third kappa shape index (κ3) is 5.28. The average molecular weight is 442 g/mol. The molecule has 6 nitrogen and oxygen atoms in total. The van der Waals surface area contributed by atoms with Crippen LogP contribution in [0.3, 0.4) is 0 Å². The number of carbonyl (C=O) groups excluding carboxylic acids is 2. The van der Waals surface area contributed by atoms with Crippen molar-refractivity contribution in [1.82, 2.24) is 14.7 Å². The summed E-state index contributed by atoms with van der Waals surface area (Å²) in [6.45, 7) is 10.0. The van der Waals surface area contributed by atoms with Crippen LogP contribution in [0.5, 0.6) is 0 Å². The Labute approximate surface area is 188 Å². The van der Waals surface area contributed by atoms with E-state index in [1.54, 1.807) is 4.90 Å². The zero-order chi connectivity index (χ0) is 22.0. The molecule has 1 saturated heterocycles. The predicted octanol–water partition coefficient (Wildman–Crippen LogP) is 3.87. The molecule has 1 aromatic carbocycles. The Hall–Kier alpha value is -2.38. The number of thiophene rings is 1. The van der Waals surface area contributed by atoms with Crippen LogP contribution in [-0.2, 0) is 17.7 Å². The molecule has 2 aromatic rings. The standard InChI is InChI=1S/C24H31N3O3S/c1-24(2,3)30-23(29)26-12-10-25(11-13-26)17-20-15-18-7-4-5-8-19(18)16-27(20)22(28)21-9-6-14-31-21/h4-9,14,20H,10-13,15-17H2,1-3H3/t20-/m0/s1. The molecule has 3 heterocycles. The van der Waals surface area contributed by atoms with E-state index in [9.17, 15) is 9.59 Å². The highest BCUT2D eigenvalue weighted by molar-refractivity contribution is 7.12. The Bertz CT molecular complexity index is 914. The molecular weight excluding hydrogens is 410 g/mol. The molecule has 1 atom stereocenters. The molecule has 31 heavy (non-hydrogen) atoms. The van der Waals surface area contributed by atoms with Crippen LogP contribution in [0.2, 0.25) is 0 Å². The SMILES string of the molecule is CC(C)(C)OC(=O)N1CCN(C[C@@H]2Cc3ccccc3CN2C(=O)c2cccs2)CC1. The highest BCUT2D eigenvalue weighted by Crippen LogP contribution is 2.27. The monoisotopic (exact) mass is 441 g/mol. The van der Waals surface area contributed by atoms with E-state index in [0.29, 0.717) is 19.6 Å². The molecule has 0 saturated carbocycles. The van der Waals surface area contributed by atoms with Gasteiger partial charge >= 0.3 is 6.09 Å². The summed E-state index contributed by atoms with van der Waals surface area (Å²) in [6, 6.07) is 12.4. The summed E-state index contributed by atoms with van der Waals surface area (Å²) in [7, 11) is 0. The molecule has 0 aliphatic carbocycles. The van der Waals surface area contributed by atoms with Gasteiger partial charge in [0.1, 0.15) is 5.60 Å². The summed E-state index contributed by atoms with van der Waals surface area (Å²) in [5, 5.41) is 1.95. The van der Waals surface area contributed by atoms with Crippen LogP contribution in [-0.4, -0.2) is 71.1 Å². The molecule has 0 N–H and O–H groups in total. The summed E-state index contributed by atoms with van der Waals surface area (Å²) in [5.41, 5.74) is 2.08. The van der Waals surface area contributed by atoms with Crippen LogP contribution in [0.4, 0.5) is 4.79 Å². The number of hydrogen-bond donors (Lipinski definition) is 0. The highest BCUT2D eigenvalue weighted by atomic mass is 32.1. The maximum atomic E-state index is 13.2. The second-order valence-corrected chi connectivity index (χ2v) is 10.3. The van der Waals surface area contributed by atoms with E-state index in [0.717, 1.165) is 30.9 Å². The second kappa shape index (κ2) is 9.01. The number of benzene rings is 1. The maximum absolute atomic E-state index is 13.2. The Balaban J connectivity index is 1.42. The summed E-state index contributed by atoms with van der Waals surface area (Å²) in [4.78, 5) is 32.6. The van der Waals surface area contributed by atoms with E-state index in [2.05, 4.69) is 23.1 Å². The van der Waals surface area contributed by atoms with E-state index < -0.39 is 5.60 Å². The van der Waals surface area contributed by atoms with Crippen molar-refractivity contribution in [3.8, 4) is 0 Å². The summed E-state index contributed by atoms with van der Waals surface area (Å²) in [5.74, 6) is 0.113. The number of fused-ring (bicyclic) bond motifs is 1. The van der Waals surface area contributed by atoms with Gasteiger partial charge in [-0.25, -0.2) is 4.79 Å². The van der Waals surface area contributed by atoms with Crippen LogP contribution < -0.4 is 0 Å². The van der Waals surface area contributed by atoms with Crippen LogP contribution in [0.25, 0.3) is 0 Å². The molecule has 1 aromatic heterocycles. The predicted molar refractivity (Wildman–Crippen MR) is 122 cm³/mol. The van der Waals surface area contributed by atoms with Crippen molar-refractivity contribution in [2.75, 3.05) is 32.7 Å². The lowest BCUT2D eigenvalue weighted by Gasteiger charge is -2.42. The fourth-order valence-electron chi connectivity index (χ4n) is 4.27. The molecule has 2 aliphatic rings. The molecule has 4 rings (SSSR count). The lowest BCUT2D eigenvalue weighted by atomic mass is 9.93. The topological polar surface area (TPSA) is 53.1 Å². The maximum Gasteiger partial charge on any atom is 0.410 e. The number of hydrogen-bond acceptors (Lipinski definition) is 5. The molecule has 2 aliphatic heterocycles. The fraction of sp³-hybridized carbons (Fsp3) is 0.500. The largest absolute Gasteiger partial charge is 0.444 e. The van der Waals surface area contributed by atoms with Gasteiger partial charge in [-0.3, -0.25) is 9.69 Å². The first kappa shape index (κ1) is 21.8. The third-order valence-corrected chi connectivity index (χ3v) is 6.70. The lowest BCUT2D eigenvalue weighted by Crippen LogP contribution is -2.55. The normalized spacial score (nSPS) is 19.8. The van der Waals surface area contributed by atoms with E-state index in [-0.39, 0.29) is 18.0 Å². The van der Waals surface area contributed by atoms with Crippen molar-refractivity contribution in [3.05, 3.63) is 57.8 Å². The number of ether oxygens (including phenoxy) is 1. The summed E-state index contributed by atoms with van der Waals surface area (Å²) in [6.07, 6.45) is 0.618. The summed E-state index contributed by atoms with van der Waals surface area (Å²) >= 11 is 1.50.